The lowest BCUT2D eigenvalue weighted by molar-refractivity contribution is -0.143. The molecule has 0 aromatic heterocycles. The number of likely N-dealkylation sites (tertiary alicyclic amines) is 2. The van der Waals surface area contributed by atoms with E-state index < -0.39 is 35.8 Å². The van der Waals surface area contributed by atoms with Crippen LogP contribution in [0.1, 0.15) is 77.1 Å². The largest absolute Gasteiger partial charge is 0.416 e. The summed E-state index contributed by atoms with van der Waals surface area (Å²) in [7, 11) is 1.58. The third kappa shape index (κ3) is 7.86. The molecule has 1 unspecified atom stereocenters. The van der Waals surface area contributed by atoms with Gasteiger partial charge in [0.25, 0.3) is 0 Å². The number of nitrogens with zero attached hydrogens (tertiary/aromatic N) is 3. The van der Waals surface area contributed by atoms with Crippen molar-refractivity contribution in [3.63, 3.8) is 0 Å². The maximum absolute atomic E-state index is 13.4. The Balaban J connectivity index is 1.55. The number of amides is 1. The minimum atomic E-state index is -4.96. The van der Waals surface area contributed by atoms with Crippen molar-refractivity contribution in [1.82, 2.24) is 14.7 Å². The molecule has 10 heteroatoms. The van der Waals surface area contributed by atoms with Crippen molar-refractivity contribution < 1.29 is 31.1 Å². The van der Waals surface area contributed by atoms with E-state index >= 15 is 0 Å². The standard InChI is InChI=1S/C32H41F6N3O/c1-21-14-22(2)30(23(3)15-21)28(41-12-8-27(9-13-41)40-10-6-5-7-11-40)20-39(4)29(42)18-24-16-25(31(33,34)35)19-26(17-24)32(36,37)38/h14-17,19,27-28H,5-13,18,20H2,1-4H3. The van der Waals surface area contributed by atoms with E-state index in [1.807, 2.05) is 20.8 Å². The van der Waals surface area contributed by atoms with Crippen molar-refractivity contribution in [2.24, 2.45) is 0 Å². The molecule has 0 aliphatic carbocycles. The lowest BCUT2D eigenvalue weighted by atomic mass is 9.90. The van der Waals surface area contributed by atoms with E-state index in [0.29, 0.717) is 18.2 Å². The average Bonchev–Trinajstić information content (AvgIpc) is 2.91. The molecule has 4 nitrogen and oxygen atoms in total. The van der Waals surface area contributed by atoms with Gasteiger partial charge in [0.2, 0.25) is 5.91 Å². The molecule has 42 heavy (non-hydrogen) atoms. The Bertz CT molecular complexity index is 1190. The number of carbonyl (C=O) groups excluding carboxylic acids is 1. The van der Waals surface area contributed by atoms with Gasteiger partial charge in [-0.3, -0.25) is 9.69 Å². The van der Waals surface area contributed by atoms with Crippen LogP contribution in [0.5, 0.6) is 0 Å². The fourth-order valence-electron chi connectivity index (χ4n) is 6.74. The number of benzene rings is 2. The Morgan fingerprint density at radius 1 is 0.833 bits per heavy atom. The van der Waals surface area contributed by atoms with Crippen LogP contribution in [-0.4, -0.2) is 66.4 Å². The van der Waals surface area contributed by atoms with Gasteiger partial charge < -0.3 is 9.80 Å². The molecule has 2 aliphatic rings. The fourth-order valence-corrected chi connectivity index (χ4v) is 6.74. The summed E-state index contributed by atoms with van der Waals surface area (Å²) in [6.45, 7) is 10.4. The van der Waals surface area contributed by atoms with Gasteiger partial charge in [-0.1, -0.05) is 24.1 Å². The van der Waals surface area contributed by atoms with E-state index in [2.05, 4.69) is 21.9 Å². The van der Waals surface area contributed by atoms with Gasteiger partial charge in [0, 0.05) is 32.7 Å². The summed E-state index contributed by atoms with van der Waals surface area (Å²) < 4.78 is 80.3. The Hall–Kier alpha value is -2.59. The Kier molecular flexibility index (Phi) is 9.97. The quantitative estimate of drug-likeness (QED) is 0.313. The summed E-state index contributed by atoms with van der Waals surface area (Å²) in [4.78, 5) is 19.7. The molecule has 0 saturated carbocycles. The molecule has 0 radical (unpaired) electrons. The molecule has 4 rings (SSSR count). The Labute approximate surface area is 244 Å². The predicted octanol–water partition coefficient (Wildman–Crippen LogP) is 7.34. The van der Waals surface area contributed by atoms with E-state index in [1.54, 1.807) is 7.05 Å². The summed E-state index contributed by atoms with van der Waals surface area (Å²) in [5, 5.41) is 0. The first kappa shape index (κ1) is 32.3. The SMILES string of the molecule is Cc1cc(C)c(C(CN(C)C(=O)Cc2cc(C(F)(F)F)cc(C(F)(F)F)c2)N2CCC(N3CCCCC3)CC2)c(C)c1. The van der Waals surface area contributed by atoms with Crippen LogP contribution in [0.3, 0.4) is 0 Å². The molecule has 2 fully saturated rings. The number of rotatable bonds is 7. The number of aryl methyl sites for hydroxylation is 3. The smallest absolute Gasteiger partial charge is 0.344 e. The van der Waals surface area contributed by atoms with Gasteiger partial charge in [0.15, 0.2) is 0 Å². The zero-order chi connectivity index (χ0) is 30.8. The number of halogens is 6. The lowest BCUT2D eigenvalue weighted by Gasteiger charge is -2.44. The zero-order valence-electron chi connectivity index (χ0n) is 24.8. The summed E-state index contributed by atoms with van der Waals surface area (Å²) >= 11 is 0. The molecule has 0 spiro atoms. The summed E-state index contributed by atoms with van der Waals surface area (Å²) in [6.07, 6.45) is -4.71. The van der Waals surface area contributed by atoms with Crippen LogP contribution in [0.2, 0.25) is 0 Å². The molecule has 2 aromatic carbocycles. The number of piperidine rings is 2. The van der Waals surface area contributed by atoms with Crippen LogP contribution in [0.25, 0.3) is 0 Å². The first-order valence-corrected chi connectivity index (χ1v) is 14.7. The zero-order valence-corrected chi connectivity index (χ0v) is 24.8. The number of alkyl halides is 6. The maximum atomic E-state index is 13.4. The van der Waals surface area contributed by atoms with Gasteiger partial charge in [0.1, 0.15) is 0 Å². The van der Waals surface area contributed by atoms with Gasteiger partial charge in [0.05, 0.1) is 23.6 Å². The van der Waals surface area contributed by atoms with Crippen molar-refractivity contribution in [2.75, 3.05) is 39.8 Å². The highest BCUT2D eigenvalue weighted by atomic mass is 19.4. The second-order valence-electron chi connectivity index (χ2n) is 12.1. The molecule has 2 aromatic rings. The Morgan fingerprint density at radius 2 is 1.36 bits per heavy atom. The van der Waals surface area contributed by atoms with Gasteiger partial charge in [-0.05, 0) is 100.0 Å². The van der Waals surface area contributed by atoms with Crippen molar-refractivity contribution in [3.8, 4) is 0 Å². The molecule has 0 N–H and O–H groups in total. The first-order valence-electron chi connectivity index (χ1n) is 14.7. The number of hydrogen-bond acceptors (Lipinski definition) is 3. The molecule has 0 bridgehead atoms. The minimum absolute atomic E-state index is 0.0875. The van der Waals surface area contributed by atoms with Crippen LogP contribution >= 0.6 is 0 Å². The number of likely N-dealkylation sites (N-methyl/N-ethyl adjacent to an activating group) is 1. The van der Waals surface area contributed by atoms with Crippen LogP contribution < -0.4 is 0 Å². The molecule has 1 amide bonds. The van der Waals surface area contributed by atoms with E-state index in [-0.39, 0.29) is 24.2 Å². The van der Waals surface area contributed by atoms with Crippen LogP contribution in [0.15, 0.2) is 30.3 Å². The lowest BCUT2D eigenvalue weighted by Crippen LogP contribution is -2.49. The molecule has 2 heterocycles. The summed E-state index contributed by atoms with van der Waals surface area (Å²) in [5.41, 5.74) is 1.32. The maximum Gasteiger partial charge on any atom is 0.416 e. The van der Waals surface area contributed by atoms with Crippen LogP contribution in [0, 0.1) is 20.8 Å². The van der Waals surface area contributed by atoms with E-state index in [1.165, 1.54) is 24.2 Å². The topological polar surface area (TPSA) is 26.8 Å². The summed E-state index contributed by atoms with van der Waals surface area (Å²) in [6, 6.07) is 5.97. The van der Waals surface area contributed by atoms with E-state index in [4.69, 9.17) is 0 Å². The fraction of sp³-hybridized carbons (Fsp3) is 0.594. The third-order valence-electron chi connectivity index (χ3n) is 8.79. The van der Waals surface area contributed by atoms with Crippen molar-refractivity contribution in [3.05, 3.63) is 69.3 Å². The van der Waals surface area contributed by atoms with E-state index in [9.17, 15) is 31.1 Å². The number of hydrogen-bond donors (Lipinski definition) is 0. The Morgan fingerprint density at radius 3 is 1.86 bits per heavy atom. The summed E-state index contributed by atoms with van der Waals surface area (Å²) in [5.74, 6) is -0.530. The highest BCUT2D eigenvalue weighted by molar-refractivity contribution is 5.78. The third-order valence-corrected chi connectivity index (χ3v) is 8.79. The van der Waals surface area contributed by atoms with Crippen molar-refractivity contribution >= 4 is 5.91 Å². The predicted molar refractivity (Wildman–Crippen MR) is 151 cm³/mol. The van der Waals surface area contributed by atoms with Gasteiger partial charge in [-0.15, -0.1) is 0 Å². The molecular formula is C32H41F6N3O. The van der Waals surface area contributed by atoms with Crippen LogP contribution in [0.4, 0.5) is 26.3 Å². The highest BCUT2D eigenvalue weighted by Crippen LogP contribution is 2.37. The normalized spacial score (nSPS) is 18.7. The second-order valence-corrected chi connectivity index (χ2v) is 12.1. The number of carbonyl (C=O) groups is 1. The first-order chi connectivity index (χ1) is 19.6. The van der Waals surface area contributed by atoms with Crippen LogP contribution in [-0.2, 0) is 23.6 Å². The molecule has 2 aliphatic heterocycles. The minimum Gasteiger partial charge on any atom is -0.344 e. The second kappa shape index (κ2) is 13.0. The highest BCUT2D eigenvalue weighted by Gasteiger charge is 2.37. The molecule has 1 atom stereocenters. The van der Waals surface area contributed by atoms with Gasteiger partial charge in [-0.25, -0.2) is 0 Å². The van der Waals surface area contributed by atoms with Gasteiger partial charge >= 0.3 is 12.4 Å². The monoisotopic (exact) mass is 597 g/mol. The van der Waals surface area contributed by atoms with Gasteiger partial charge in [-0.2, -0.15) is 26.3 Å². The average molecular weight is 598 g/mol. The van der Waals surface area contributed by atoms with E-state index in [0.717, 1.165) is 61.3 Å². The molecule has 232 valence electrons. The van der Waals surface area contributed by atoms with Crippen molar-refractivity contribution in [1.29, 1.82) is 0 Å². The molecular weight excluding hydrogens is 556 g/mol. The van der Waals surface area contributed by atoms with Crippen molar-refractivity contribution in [2.45, 2.75) is 83.7 Å². The molecule has 2 saturated heterocycles.